The summed E-state index contributed by atoms with van der Waals surface area (Å²) in [7, 11) is 1.33. The number of methoxy groups -OCH3 is 1. The number of nitro groups is 1. The smallest absolute Gasteiger partial charge is 0.316 e. The van der Waals surface area contributed by atoms with Gasteiger partial charge in [-0.05, 0) is 19.1 Å². The molecule has 1 aromatic heterocycles. The minimum absolute atomic E-state index is 0.0200. The zero-order valence-electron chi connectivity index (χ0n) is 12.1. The number of carbonyl (C=O) groups excluding carboxylic acids is 1. The Morgan fingerprint density at radius 1 is 1.36 bits per heavy atom. The summed E-state index contributed by atoms with van der Waals surface area (Å²) < 4.78 is 6.43. The first kappa shape index (κ1) is 16.0. The Morgan fingerprint density at radius 2 is 2.05 bits per heavy atom. The second kappa shape index (κ2) is 7.03. The van der Waals surface area contributed by atoms with Gasteiger partial charge in [-0.25, -0.2) is 0 Å². The van der Waals surface area contributed by atoms with Gasteiger partial charge in [0.2, 0.25) is 0 Å². The van der Waals surface area contributed by atoms with Crippen molar-refractivity contribution in [1.82, 2.24) is 14.8 Å². The fourth-order valence-electron chi connectivity index (χ4n) is 1.81. The van der Waals surface area contributed by atoms with Gasteiger partial charge in [0, 0.05) is 24.2 Å². The van der Waals surface area contributed by atoms with Crippen molar-refractivity contribution in [2.45, 2.75) is 18.6 Å². The number of esters is 1. The second-order valence-electron chi connectivity index (χ2n) is 4.22. The van der Waals surface area contributed by atoms with Crippen LogP contribution in [0.4, 0.5) is 5.69 Å². The Bertz CT molecular complexity index is 684. The zero-order valence-corrected chi connectivity index (χ0v) is 12.9. The van der Waals surface area contributed by atoms with E-state index in [9.17, 15) is 14.9 Å². The lowest BCUT2D eigenvalue weighted by molar-refractivity contribution is -0.384. The third kappa shape index (κ3) is 3.42. The van der Waals surface area contributed by atoms with E-state index in [0.717, 1.165) is 5.56 Å². The Kier molecular flexibility index (Phi) is 5.10. The normalized spacial score (nSPS) is 10.5. The molecule has 0 aliphatic rings. The minimum Gasteiger partial charge on any atom is -0.468 e. The molecular weight excluding hydrogens is 308 g/mol. The quantitative estimate of drug-likeness (QED) is 0.347. The van der Waals surface area contributed by atoms with Crippen molar-refractivity contribution in [1.29, 1.82) is 0 Å². The fraction of sp³-hybridized carbons (Fsp3) is 0.308. The maximum Gasteiger partial charge on any atom is 0.316 e. The fourth-order valence-corrected chi connectivity index (χ4v) is 2.64. The lowest BCUT2D eigenvalue weighted by Gasteiger charge is -2.06. The first-order valence-electron chi connectivity index (χ1n) is 6.44. The van der Waals surface area contributed by atoms with Crippen LogP contribution in [0.2, 0.25) is 0 Å². The third-order valence-electron chi connectivity index (χ3n) is 2.92. The Labute approximate surface area is 130 Å². The molecule has 0 aliphatic carbocycles. The summed E-state index contributed by atoms with van der Waals surface area (Å²) in [6.45, 7) is 2.54. The maximum atomic E-state index is 11.2. The molecule has 8 nitrogen and oxygen atoms in total. The molecule has 0 atom stereocenters. The molecule has 116 valence electrons. The molecule has 0 bridgehead atoms. The molecule has 1 heterocycles. The summed E-state index contributed by atoms with van der Waals surface area (Å²) >= 11 is 1.23. The van der Waals surface area contributed by atoms with Crippen molar-refractivity contribution in [3.63, 3.8) is 0 Å². The predicted molar refractivity (Wildman–Crippen MR) is 80.5 cm³/mol. The first-order valence-corrected chi connectivity index (χ1v) is 7.43. The molecule has 22 heavy (non-hydrogen) atoms. The largest absolute Gasteiger partial charge is 0.468 e. The summed E-state index contributed by atoms with van der Waals surface area (Å²) in [4.78, 5) is 21.4. The van der Waals surface area contributed by atoms with Gasteiger partial charge in [0.1, 0.15) is 0 Å². The number of ether oxygens (including phenoxy) is 1. The number of nitrogens with zero attached hydrogens (tertiary/aromatic N) is 4. The van der Waals surface area contributed by atoms with Gasteiger partial charge >= 0.3 is 5.97 Å². The van der Waals surface area contributed by atoms with Crippen molar-refractivity contribution in [3.05, 3.63) is 34.4 Å². The van der Waals surface area contributed by atoms with Gasteiger partial charge in [-0.3, -0.25) is 14.9 Å². The summed E-state index contributed by atoms with van der Waals surface area (Å²) in [5, 5.41) is 19.4. The molecule has 0 unspecified atom stereocenters. The molecule has 0 spiro atoms. The van der Waals surface area contributed by atoms with Crippen LogP contribution in [-0.2, 0) is 16.1 Å². The monoisotopic (exact) mass is 322 g/mol. The predicted octanol–water partition coefficient (Wildman–Crippen LogP) is 2.14. The Morgan fingerprint density at radius 3 is 2.59 bits per heavy atom. The van der Waals surface area contributed by atoms with Crippen molar-refractivity contribution in [2.24, 2.45) is 0 Å². The molecule has 0 radical (unpaired) electrons. The lowest BCUT2D eigenvalue weighted by atomic mass is 10.2. The summed E-state index contributed by atoms with van der Waals surface area (Å²) in [5.74, 6) is 0.409. The highest BCUT2D eigenvalue weighted by atomic mass is 32.2. The van der Waals surface area contributed by atoms with Crippen molar-refractivity contribution >= 4 is 23.4 Å². The van der Waals surface area contributed by atoms with E-state index < -0.39 is 4.92 Å². The van der Waals surface area contributed by atoms with Gasteiger partial charge in [0.15, 0.2) is 11.0 Å². The highest BCUT2D eigenvalue weighted by Crippen LogP contribution is 2.25. The standard InChI is InChI=1S/C13H14N4O4S/c1-3-16-12(9-4-6-10(7-5-9)17(19)20)14-15-13(16)22-8-11(18)21-2/h4-7H,3,8H2,1-2H3. The second-order valence-corrected chi connectivity index (χ2v) is 5.16. The van der Waals surface area contributed by atoms with E-state index >= 15 is 0 Å². The molecule has 2 aromatic rings. The average molecular weight is 322 g/mol. The number of benzene rings is 1. The molecule has 2 rings (SSSR count). The van der Waals surface area contributed by atoms with Crippen molar-refractivity contribution in [3.8, 4) is 11.4 Å². The molecule has 1 aromatic carbocycles. The minimum atomic E-state index is -0.452. The van der Waals surface area contributed by atoms with Gasteiger partial charge in [-0.15, -0.1) is 10.2 Å². The van der Waals surface area contributed by atoms with Gasteiger partial charge in [-0.1, -0.05) is 11.8 Å². The van der Waals surface area contributed by atoms with Crippen molar-refractivity contribution < 1.29 is 14.5 Å². The summed E-state index contributed by atoms with van der Waals surface area (Å²) in [6, 6.07) is 6.10. The van der Waals surface area contributed by atoms with Gasteiger partial charge in [0.05, 0.1) is 17.8 Å². The summed E-state index contributed by atoms with van der Waals surface area (Å²) in [5.41, 5.74) is 0.747. The third-order valence-corrected chi connectivity index (χ3v) is 3.86. The van der Waals surface area contributed by atoms with Crippen LogP contribution in [0.5, 0.6) is 0 Å². The van der Waals surface area contributed by atoms with Crippen LogP contribution in [0.25, 0.3) is 11.4 Å². The Balaban J connectivity index is 2.26. The van der Waals surface area contributed by atoms with Crippen LogP contribution in [0.15, 0.2) is 29.4 Å². The molecule has 0 saturated carbocycles. The van der Waals surface area contributed by atoms with Crippen LogP contribution in [0.3, 0.4) is 0 Å². The molecule has 0 aliphatic heterocycles. The summed E-state index contributed by atoms with van der Waals surface area (Å²) in [6.07, 6.45) is 0. The van der Waals surface area contributed by atoms with Crippen molar-refractivity contribution in [2.75, 3.05) is 12.9 Å². The number of rotatable bonds is 6. The van der Waals surface area contributed by atoms with Crippen LogP contribution in [0, 0.1) is 10.1 Å². The van der Waals surface area contributed by atoms with E-state index in [4.69, 9.17) is 0 Å². The number of aromatic nitrogens is 3. The van der Waals surface area contributed by atoms with Gasteiger partial charge < -0.3 is 9.30 Å². The zero-order chi connectivity index (χ0) is 16.1. The highest BCUT2D eigenvalue weighted by Gasteiger charge is 2.15. The molecule has 0 amide bonds. The highest BCUT2D eigenvalue weighted by molar-refractivity contribution is 7.99. The van der Waals surface area contributed by atoms with E-state index in [-0.39, 0.29) is 17.4 Å². The Hall–Kier alpha value is -2.42. The number of thioether (sulfide) groups is 1. The number of non-ortho nitro benzene ring substituents is 1. The van der Waals surface area contributed by atoms with Gasteiger partial charge in [0.25, 0.3) is 5.69 Å². The van der Waals surface area contributed by atoms with E-state index in [0.29, 0.717) is 17.5 Å². The molecule has 0 fully saturated rings. The van der Waals surface area contributed by atoms with Gasteiger partial charge in [-0.2, -0.15) is 0 Å². The molecule has 0 saturated heterocycles. The average Bonchev–Trinajstić information content (AvgIpc) is 2.95. The van der Waals surface area contributed by atoms with Crippen LogP contribution in [-0.4, -0.2) is 38.5 Å². The number of hydrogen-bond donors (Lipinski definition) is 0. The van der Waals surface area contributed by atoms with E-state index in [2.05, 4.69) is 14.9 Å². The topological polar surface area (TPSA) is 100 Å². The lowest BCUT2D eigenvalue weighted by Crippen LogP contribution is -2.05. The number of carbonyl (C=O) groups is 1. The SMILES string of the molecule is CCn1c(SCC(=O)OC)nnc1-c1ccc([N+](=O)[O-])cc1. The maximum absolute atomic E-state index is 11.2. The number of hydrogen-bond acceptors (Lipinski definition) is 7. The van der Waals surface area contributed by atoms with Crippen LogP contribution >= 0.6 is 11.8 Å². The first-order chi connectivity index (χ1) is 10.6. The molecule has 0 N–H and O–H groups in total. The van der Waals surface area contributed by atoms with E-state index in [1.165, 1.54) is 31.0 Å². The molecule has 9 heteroatoms. The number of nitro benzene ring substituents is 1. The van der Waals surface area contributed by atoms with E-state index in [1.54, 1.807) is 12.1 Å². The van der Waals surface area contributed by atoms with E-state index in [1.807, 2.05) is 11.5 Å². The molecular formula is C13H14N4O4S. The van der Waals surface area contributed by atoms with Crippen LogP contribution < -0.4 is 0 Å². The van der Waals surface area contributed by atoms with Crippen LogP contribution in [0.1, 0.15) is 6.92 Å².